The molecular formula is C16H18FNO3S. The number of hydrogen-bond acceptors (Lipinski definition) is 3. The molecule has 0 amide bonds. The molecule has 118 valence electrons. The van der Waals surface area contributed by atoms with Crippen LogP contribution in [0.5, 0.6) is 5.75 Å². The van der Waals surface area contributed by atoms with E-state index in [2.05, 4.69) is 4.72 Å². The van der Waals surface area contributed by atoms with E-state index in [4.69, 9.17) is 4.74 Å². The summed E-state index contributed by atoms with van der Waals surface area (Å²) in [7, 11) is -3.61. The van der Waals surface area contributed by atoms with Crippen molar-refractivity contribution in [3.8, 4) is 5.75 Å². The predicted octanol–water partition coefficient (Wildman–Crippen LogP) is 3.47. The van der Waals surface area contributed by atoms with Gasteiger partial charge in [-0.15, -0.1) is 0 Å². The van der Waals surface area contributed by atoms with E-state index in [1.54, 1.807) is 19.1 Å². The molecule has 0 saturated heterocycles. The van der Waals surface area contributed by atoms with Crippen molar-refractivity contribution in [2.24, 2.45) is 0 Å². The zero-order valence-electron chi connectivity index (χ0n) is 12.5. The monoisotopic (exact) mass is 323 g/mol. The Balaban J connectivity index is 2.15. The van der Waals surface area contributed by atoms with Gasteiger partial charge in [0.1, 0.15) is 0 Å². The number of anilines is 1. The molecule has 0 spiro atoms. The first-order chi connectivity index (χ1) is 10.4. The fraction of sp³-hybridized carbons (Fsp3) is 0.250. The zero-order chi connectivity index (χ0) is 16.2. The molecule has 0 aliphatic rings. The second-order valence-electron chi connectivity index (χ2n) is 4.87. The summed E-state index contributed by atoms with van der Waals surface area (Å²) in [4.78, 5) is 0. The van der Waals surface area contributed by atoms with E-state index in [-0.39, 0.29) is 17.2 Å². The molecule has 0 saturated carbocycles. The molecule has 0 unspecified atom stereocenters. The van der Waals surface area contributed by atoms with E-state index in [1.807, 2.05) is 19.1 Å². The molecule has 2 aromatic carbocycles. The first kappa shape index (κ1) is 16.3. The molecule has 6 heteroatoms. The molecule has 0 bridgehead atoms. The van der Waals surface area contributed by atoms with Gasteiger partial charge in [0, 0.05) is 6.07 Å². The third-order valence-corrected chi connectivity index (χ3v) is 4.35. The van der Waals surface area contributed by atoms with Crippen LogP contribution in [0.3, 0.4) is 0 Å². The van der Waals surface area contributed by atoms with E-state index in [1.165, 1.54) is 12.1 Å². The van der Waals surface area contributed by atoms with Gasteiger partial charge >= 0.3 is 0 Å². The second kappa shape index (κ2) is 6.79. The van der Waals surface area contributed by atoms with Gasteiger partial charge in [0.15, 0.2) is 11.6 Å². The number of aryl methyl sites for hydroxylation is 1. The van der Waals surface area contributed by atoms with Crippen molar-refractivity contribution in [2.45, 2.75) is 19.6 Å². The van der Waals surface area contributed by atoms with Crippen molar-refractivity contribution in [2.75, 3.05) is 11.3 Å². The maximum Gasteiger partial charge on any atom is 0.236 e. The lowest BCUT2D eigenvalue weighted by Gasteiger charge is -2.11. The quantitative estimate of drug-likeness (QED) is 0.885. The molecule has 22 heavy (non-hydrogen) atoms. The number of ether oxygens (including phenoxy) is 1. The average molecular weight is 323 g/mol. The van der Waals surface area contributed by atoms with Gasteiger partial charge in [-0.1, -0.05) is 24.3 Å². The van der Waals surface area contributed by atoms with Crippen molar-refractivity contribution in [1.82, 2.24) is 0 Å². The SMILES string of the molecule is CCOc1ccc(NS(=O)(=O)Cc2ccccc2C)cc1F. The number of benzene rings is 2. The van der Waals surface area contributed by atoms with Crippen molar-refractivity contribution >= 4 is 15.7 Å². The van der Waals surface area contributed by atoms with Crippen LogP contribution in [0.1, 0.15) is 18.1 Å². The highest BCUT2D eigenvalue weighted by molar-refractivity contribution is 7.91. The number of nitrogens with one attached hydrogen (secondary N) is 1. The zero-order valence-corrected chi connectivity index (χ0v) is 13.3. The van der Waals surface area contributed by atoms with Crippen LogP contribution in [-0.2, 0) is 15.8 Å². The van der Waals surface area contributed by atoms with Gasteiger partial charge in [0.25, 0.3) is 0 Å². The van der Waals surface area contributed by atoms with Crippen LogP contribution < -0.4 is 9.46 Å². The molecular weight excluding hydrogens is 305 g/mol. The van der Waals surface area contributed by atoms with Crippen molar-refractivity contribution in [3.05, 3.63) is 59.4 Å². The van der Waals surface area contributed by atoms with Crippen LogP contribution in [0, 0.1) is 12.7 Å². The van der Waals surface area contributed by atoms with E-state index in [9.17, 15) is 12.8 Å². The molecule has 0 aromatic heterocycles. The largest absolute Gasteiger partial charge is 0.491 e. The summed E-state index contributed by atoms with van der Waals surface area (Å²) >= 11 is 0. The molecule has 2 aromatic rings. The minimum Gasteiger partial charge on any atom is -0.491 e. The summed E-state index contributed by atoms with van der Waals surface area (Å²) in [5.41, 5.74) is 1.78. The highest BCUT2D eigenvalue weighted by atomic mass is 32.2. The lowest BCUT2D eigenvalue weighted by molar-refractivity contribution is 0.321. The predicted molar refractivity (Wildman–Crippen MR) is 85.0 cm³/mol. The Morgan fingerprint density at radius 3 is 2.55 bits per heavy atom. The maximum absolute atomic E-state index is 13.7. The summed E-state index contributed by atoms with van der Waals surface area (Å²) in [6, 6.07) is 11.2. The molecule has 0 aliphatic heterocycles. The van der Waals surface area contributed by atoms with Crippen LogP contribution in [0.15, 0.2) is 42.5 Å². The van der Waals surface area contributed by atoms with Crippen LogP contribution in [0.2, 0.25) is 0 Å². The Morgan fingerprint density at radius 1 is 1.18 bits per heavy atom. The normalized spacial score (nSPS) is 11.2. The molecule has 1 N–H and O–H groups in total. The van der Waals surface area contributed by atoms with Gasteiger partial charge in [-0.2, -0.15) is 0 Å². The topological polar surface area (TPSA) is 55.4 Å². The van der Waals surface area contributed by atoms with Crippen LogP contribution in [0.4, 0.5) is 10.1 Å². The Labute approximate surface area is 130 Å². The number of rotatable bonds is 6. The maximum atomic E-state index is 13.7. The van der Waals surface area contributed by atoms with Gasteiger partial charge in [0.05, 0.1) is 18.0 Å². The average Bonchev–Trinajstić information content (AvgIpc) is 2.44. The molecule has 0 aliphatic carbocycles. The Hall–Kier alpha value is -2.08. The lowest BCUT2D eigenvalue weighted by Crippen LogP contribution is -2.15. The third-order valence-electron chi connectivity index (χ3n) is 3.11. The van der Waals surface area contributed by atoms with E-state index >= 15 is 0 Å². The highest BCUT2D eigenvalue weighted by Gasteiger charge is 2.14. The standard InChI is InChI=1S/C16H18FNO3S/c1-3-21-16-9-8-14(10-15(16)17)18-22(19,20)11-13-7-5-4-6-12(13)2/h4-10,18H,3,11H2,1-2H3. The van der Waals surface area contributed by atoms with Crippen molar-refractivity contribution in [3.63, 3.8) is 0 Å². The molecule has 4 nitrogen and oxygen atoms in total. The molecule has 0 fully saturated rings. The fourth-order valence-corrected chi connectivity index (χ4v) is 3.32. The van der Waals surface area contributed by atoms with Gasteiger partial charge in [-0.25, -0.2) is 12.8 Å². The minimum absolute atomic E-state index is 0.101. The summed E-state index contributed by atoms with van der Waals surface area (Å²) in [6.07, 6.45) is 0. The summed E-state index contributed by atoms with van der Waals surface area (Å²) in [5.74, 6) is -0.656. The van der Waals surface area contributed by atoms with Gasteiger partial charge in [-0.3, -0.25) is 4.72 Å². The van der Waals surface area contributed by atoms with Gasteiger partial charge < -0.3 is 4.74 Å². The van der Waals surface area contributed by atoms with E-state index in [0.29, 0.717) is 12.2 Å². The third kappa shape index (κ3) is 4.21. The number of halogens is 1. The van der Waals surface area contributed by atoms with E-state index in [0.717, 1.165) is 11.6 Å². The number of hydrogen-bond donors (Lipinski definition) is 1. The minimum atomic E-state index is -3.61. The summed E-state index contributed by atoms with van der Waals surface area (Å²) < 4.78 is 45.6. The second-order valence-corrected chi connectivity index (χ2v) is 6.59. The molecule has 2 rings (SSSR count). The first-order valence-electron chi connectivity index (χ1n) is 6.88. The van der Waals surface area contributed by atoms with Gasteiger partial charge in [-0.05, 0) is 37.1 Å². The van der Waals surface area contributed by atoms with Crippen LogP contribution >= 0.6 is 0 Å². The highest BCUT2D eigenvalue weighted by Crippen LogP contribution is 2.22. The molecule has 0 heterocycles. The van der Waals surface area contributed by atoms with Crippen LogP contribution in [-0.4, -0.2) is 15.0 Å². The lowest BCUT2D eigenvalue weighted by atomic mass is 10.1. The smallest absolute Gasteiger partial charge is 0.236 e. The Kier molecular flexibility index (Phi) is 5.03. The first-order valence-corrected chi connectivity index (χ1v) is 8.54. The van der Waals surface area contributed by atoms with Crippen molar-refractivity contribution < 1.29 is 17.5 Å². The molecule has 0 radical (unpaired) electrons. The Bertz CT molecular complexity index is 760. The fourth-order valence-electron chi connectivity index (χ4n) is 2.03. The molecule has 0 atom stereocenters. The van der Waals surface area contributed by atoms with Crippen molar-refractivity contribution in [1.29, 1.82) is 0 Å². The number of sulfonamides is 1. The summed E-state index contributed by atoms with van der Waals surface area (Å²) in [6.45, 7) is 3.94. The Morgan fingerprint density at radius 2 is 1.91 bits per heavy atom. The summed E-state index contributed by atoms with van der Waals surface area (Å²) in [5, 5.41) is 0. The van der Waals surface area contributed by atoms with Gasteiger partial charge in [0.2, 0.25) is 10.0 Å². The van der Waals surface area contributed by atoms with E-state index < -0.39 is 15.8 Å². The van der Waals surface area contributed by atoms with Crippen LogP contribution in [0.25, 0.3) is 0 Å².